The van der Waals surface area contributed by atoms with E-state index in [2.05, 4.69) is 8.83 Å². The first-order valence-corrected chi connectivity index (χ1v) is 13.3. The molecule has 2 fully saturated rings. The molecule has 2 heterocycles. The van der Waals surface area contributed by atoms with Crippen LogP contribution < -0.4 is 11.2 Å². The molecule has 2 aromatic rings. The topological polar surface area (TPSA) is 187 Å². The van der Waals surface area contributed by atoms with Gasteiger partial charge >= 0.3 is 21.3 Å². The Kier molecular flexibility index (Phi) is 6.62. The van der Waals surface area contributed by atoms with Crippen LogP contribution in [0.4, 0.5) is 0 Å². The minimum Gasteiger partial charge on any atom is -0.388 e. The monoisotopic (exact) mass is 518 g/mol. The Morgan fingerprint density at radius 2 is 1.82 bits per heavy atom. The lowest BCUT2D eigenvalue weighted by molar-refractivity contribution is -0.0922. The van der Waals surface area contributed by atoms with E-state index in [1.807, 2.05) is 31.2 Å². The van der Waals surface area contributed by atoms with E-state index < -0.39 is 57.4 Å². The van der Waals surface area contributed by atoms with Gasteiger partial charge in [-0.3, -0.25) is 18.5 Å². The molecule has 1 aromatic carbocycles. The number of hydrogen-bond acceptors (Lipinski definition) is 8. The molecule has 1 aliphatic heterocycles. The minimum atomic E-state index is -5.28. The van der Waals surface area contributed by atoms with Gasteiger partial charge in [0.05, 0.1) is 6.61 Å². The number of aliphatic hydroxyl groups excluding tert-OH is 1. The second-order valence-electron chi connectivity index (χ2n) is 8.42. The number of ether oxygens (including phenoxy) is 1. The van der Waals surface area contributed by atoms with Crippen LogP contribution >= 0.6 is 15.6 Å². The molecule has 3 unspecified atom stereocenters. The first kappa shape index (κ1) is 25.2. The number of phosphoric acid groups is 2. The quantitative estimate of drug-likeness (QED) is 0.337. The standard InChI is InChI=1S/C19H24N2O11P2/c1-12-2-4-13(5-3-12)6-8-20-15(22)7-9-21(18(20)24)17-16(23)14-10-19(14,31-17)11-30-34(28,29)32-33(25,26)27/h2-5,7,9,14,16-17,23H,6,8,10-11H2,1H3,(H,28,29)(H2,25,26,27)/t14?,16-,17+,19?/m0/s1. The van der Waals surface area contributed by atoms with Crippen molar-refractivity contribution in [1.82, 2.24) is 9.13 Å². The summed E-state index contributed by atoms with van der Waals surface area (Å²) in [5, 5.41) is 10.6. The summed E-state index contributed by atoms with van der Waals surface area (Å²) < 4.78 is 38.8. The lowest BCUT2D eigenvalue weighted by Gasteiger charge is -2.23. The second-order valence-corrected chi connectivity index (χ2v) is 11.2. The third-order valence-electron chi connectivity index (χ3n) is 5.94. The van der Waals surface area contributed by atoms with E-state index in [0.29, 0.717) is 6.42 Å². The summed E-state index contributed by atoms with van der Waals surface area (Å²) in [4.78, 5) is 52.2. The number of nitrogens with zero attached hydrogens (tertiary/aromatic N) is 2. The molecule has 0 amide bonds. The fourth-order valence-corrected chi connectivity index (χ4v) is 5.73. The Morgan fingerprint density at radius 3 is 2.47 bits per heavy atom. The summed E-state index contributed by atoms with van der Waals surface area (Å²) in [7, 11) is -10.4. The third-order valence-corrected chi connectivity index (χ3v) is 8.07. The highest BCUT2D eigenvalue weighted by Gasteiger charge is 2.68. The predicted molar refractivity (Wildman–Crippen MR) is 116 cm³/mol. The highest BCUT2D eigenvalue weighted by molar-refractivity contribution is 7.60. The zero-order chi connectivity index (χ0) is 24.9. The molecule has 34 heavy (non-hydrogen) atoms. The summed E-state index contributed by atoms with van der Waals surface area (Å²) >= 11 is 0. The van der Waals surface area contributed by atoms with E-state index in [1.54, 1.807) is 0 Å². The van der Waals surface area contributed by atoms with Crippen LogP contribution in [0.5, 0.6) is 0 Å². The fourth-order valence-electron chi connectivity index (χ4n) is 4.09. The summed E-state index contributed by atoms with van der Waals surface area (Å²) in [6, 6.07) is 8.83. The van der Waals surface area contributed by atoms with Crippen LogP contribution in [-0.2, 0) is 35.7 Å². The normalized spacial score (nSPS) is 27.9. The van der Waals surface area contributed by atoms with Crippen LogP contribution in [0.25, 0.3) is 0 Å². The van der Waals surface area contributed by atoms with Crippen molar-refractivity contribution in [2.45, 2.75) is 44.2 Å². The molecule has 1 aromatic heterocycles. The number of hydrogen-bond donors (Lipinski definition) is 4. The molecule has 4 N–H and O–H groups in total. The Bertz CT molecular complexity index is 1280. The molecule has 186 valence electrons. The molecule has 13 nitrogen and oxygen atoms in total. The molecular weight excluding hydrogens is 494 g/mol. The molecule has 4 rings (SSSR count). The highest BCUT2D eigenvalue weighted by atomic mass is 31.3. The smallest absolute Gasteiger partial charge is 0.388 e. The molecule has 0 spiro atoms. The van der Waals surface area contributed by atoms with Gasteiger partial charge in [-0.25, -0.2) is 13.9 Å². The van der Waals surface area contributed by atoms with Crippen molar-refractivity contribution in [3.63, 3.8) is 0 Å². The highest BCUT2D eigenvalue weighted by Crippen LogP contribution is 2.63. The number of aryl methyl sites for hydroxylation is 2. The third kappa shape index (κ3) is 5.33. The molecule has 15 heteroatoms. The Balaban J connectivity index is 1.48. The predicted octanol–water partition coefficient (Wildman–Crippen LogP) is 0.436. The van der Waals surface area contributed by atoms with Gasteiger partial charge in [-0.05, 0) is 25.3 Å². The maximum Gasteiger partial charge on any atom is 0.481 e. The number of benzene rings is 1. The van der Waals surface area contributed by atoms with Gasteiger partial charge in [0.1, 0.15) is 11.7 Å². The van der Waals surface area contributed by atoms with Gasteiger partial charge in [0.25, 0.3) is 5.56 Å². The molecule has 1 aliphatic carbocycles. The van der Waals surface area contributed by atoms with Crippen molar-refractivity contribution in [1.29, 1.82) is 0 Å². The van der Waals surface area contributed by atoms with Crippen LogP contribution in [0.2, 0.25) is 0 Å². The van der Waals surface area contributed by atoms with E-state index >= 15 is 0 Å². The second kappa shape index (κ2) is 8.94. The Labute approximate surface area is 193 Å². The largest absolute Gasteiger partial charge is 0.481 e. The molecule has 2 aliphatic rings. The van der Waals surface area contributed by atoms with Crippen molar-refractivity contribution < 1.29 is 42.5 Å². The SMILES string of the molecule is Cc1ccc(CCn2c(=O)ccn([C@@H]3OC4(COP(=O)(O)OP(=O)(O)O)CC4[C@@H]3O)c2=O)cc1. The summed E-state index contributed by atoms with van der Waals surface area (Å²) in [6.45, 7) is 1.44. The average Bonchev–Trinajstić information content (AvgIpc) is 3.38. The van der Waals surface area contributed by atoms with Gasteiger partial charge < -0.3 is 24.5 Å². The Morgan fingerprint density at radius 1 is 1.15 bits per heavy atom. The van der Waals surface area contributed by atoms with Crippen molar-refractivity contribution >= 4 is 15.6 Å². The van der Waals surface area contributed by atoms with Crippen LogP contribution in [0, 0.1) is 12.8 Å². The van der Waals surface area contributed by atoms with Gasteiger partial charge in [-0.2, -0.15) is 4.31 Å². The average molecular weight is 518 g/mol. The fraction of sp³-hybridized carbons (Fsp3) is 0.474. The van der Waals surface area contributed by atoms with Crippen LogP contribution in [0.15, 0.2) is 46.1 Å². The van der Waals surface area contributed by atoms with Gasteiger partial charge in [0, 0.05) is 24.7 Å². The molecule has 0 bridgehead atoms. The summed E-state index contributed by atoms with van der Waals surface area (Å²) in [6.07, 6.45) is -0.526. The molecule has 1 saturated heterocycles. The molecule has 1 saturated carbocycles. The van der Waals surface area contributed by atoms with Gasteiger partial charge in [-0.1, -0.05) is 29.8 Å². The van der Waals surface area contributed by atoms with Crippen molar-refractivity contribution in [2.75, 3.05) is 6.61 Å². The summed E-state index contributed by atoms with van der Waals surface area (Å²) in [5.41, 5.74) is -0.438. The Hall–Kier alpha value is -1.92. The minimum absolute atomic E-state index is 0.107. The van der Waals surface area contributed by atoms with Crippen molar-refractivity contribution in [3.05, 3.63) is 68.5 Å². The van der Waals surface area contributed by atoms with E-state index in [1.165, 1.54) is 12.3 Å². The summed E-state index contributed by atoms with van der Waals surface area (Å²) in [5.74, 6) is -0.563. The zero-order valence-corrected chi connectivity index (χ0v) is 19.7. The maximum absolute atomic E-state index is 13.0. The van der Waals surface area contributed by atoms with E-state index in [-0.39, 0.29) is 13.0 Å². The molecule has 5 atom stereocenters. The number of aliphatic hydroxyl groups is 1. The van der Waals surface area contributed by atoms with Crippen LogP contribution in [0.1, 0.15) is 23.8 Å². The van der Waals surface area contributed by atoms with Crippen LogP contribution in [-0.4, -0.2) is 47.2 Å². The van der Waals surface area contributed by atoms with Gasteiger partial charge in [0.2, 0.25) is 0 Å². The van der Waals surface area contributed by atoms with Gasteiger partial charge in [0.15, 0.2) is 6.23 Å². The zero-order valence-electron chi connectivity index (χ0n) is 18.0. The van der Waals surface area contributed by atoms with E-state index in [0.717, 1.165) is 20.3 Å². The molecule has 0 radical (unpaired) electrons. The van der Waals surface area contributed by atoms with Crippen LogP contribution in [0.3, 0.4) is 0 Å². The van der Waals surface area contributed by atoms with Crippen molar-refractivity contribution in [3.8, 4) is 0 Å². The number of rotatable bonds is 9. The lowest BCUT2D eigenvalue weighted by Crippen LogP contribution is -2.43. The number of fused-ring (bicyclic) bond motifs is 1. The maximum atomic E-state index is 13.0. The van der Waals surface area contributed by atoms with Gasteiger partial charge in [-0.15, -0.1) is 0 Å². The first-order valence-electron chi connectivity index (χ1n) is 10.3. The number of phosphoric ester groups is 1. The lowest BCUT2D eigenvalue weighted by atomic mass is 10.1. The molecular formula is C19H24N2O11P2. The van der Waals surface area contributed by atoms with E-state index in [9.17, 15) is 28.7 Å². The van der Waals surface area contributed by atoms with Crippen molar-refractivity contribution in [2.24, 2.45) is 5.92 Å². The first-order chi connectivity index (χ1) is 15.8. The number of aromatic nitrogens is 2. The van der Waals surface area contributed by atoms with E-state index in [4.69, 9.17) is 14.5 Å².